The molecule has 0 aromatic carbocycles. The van der Waals surface area contributed by atoms with Crippen LogP contribution in [0.1, 0.15) is 11.4 Å². The Hall–Kier alpha value is -2.32. The van der Waals surface area contributed by atoms with E-state index in [0.717, 1.165) is 6.07 Å². The van der Waals surface area contributed by atoms with Gasteiger partial charge in [0.1, 0.15) is 5.82 Å². The van der Waals surface area contributed by atoms with Crippen LogP contribution < -0.4 is 10.6 Å². The fraction of sp³-hybridized carbons (Fsp3) is 0.364. The van der Waals surface area contributed by atoms with Crippen LogP contribution in [0.15, 0.2) is 18.3 Å². The topological polar surface area (TPSA) is 67.7 Å². The highest BCUT2D eigenvalue weighted by atomic mass is 19.4. The fourth-order valence-electron chi connectivity index (χ4n) is 1.53. The summed E-state index contributed by atoms with van der Waals surface area (Å²) in [4.78, 5) is 7.29. The van der Waals surface area contributed by atoms with Gasteiger partial charge in [0.05, 0.1) is 12.2 Å². The third-order valence-corrected chi connectivity index (χ3v) is 2.46. The third-order valence-electron chi connectivity index (χ3n) is 2.46. The van der Waals surface area contributed by atoms with E-state index in [-0.39, 0.29) is 18.3 Å². The van der Waals surface area contributed by atoms with Crippen LogP contribution in [-0.4, -0.2) is 26.8 Å². The minimum atomic E-state index is -4.52. The summed E-state index contributed by atoms with van der Waals surface area (Å²) >= 11 is 0. The molecule has 2 N–H and O–H groups in total. The van der Waals surface area contributed by atoms with Gasteiger partial charge in [-0.2, -0.15) is 23.3 Å². The second-order valence-corrected chi connectivity index (χ2v) is 4.04. The van der Waals surface area contributed by atoms with Crippen molar-refractivity contribution in [1.82, 2.24) is 19.7 Å². The molecular weight excluding hydrogens is 273 g/mol. The number of aromatic nitrogens is 4. The van der Waals surface area contributed by atoms with Gasteiger partial charge in [-0.25, -0.2) is 4.98 Å². The van der Waals surface area contributed by atoms with E-state index in [0.29, 0.717) is 5.69 Å². The van der Waals surface area contributed by atoms with Gasteiger partial charge in [-0.15, -0.1) is 0 Å². The molecule has 0 aliphatic heterocycles. The zero-order valence-electron chi connectivity index (χ0n) is 10.9. The quantitative estimate of drug-likeness (QED) is 0.898. The summed E-state index contributed by atoms with van der Waals surface area (Å²) in [5, 5.41) is 9.41. The minimum Gasteiger partial charge on any atom is -0.364 e. The van der Waals surface area contributed by atoms with E-state index < -0.39 is 11.9 Å². The Balaban J connectivity index is 2.18. The third kappa shape index (κ3) is 3.37. The van der Waals surface area contributed by atoms with Crippen LogP contribution in [0.4, 0.5) is 24.9 Å². The second-order valence-electron chi connectivity index (χ2n) is 4.04. The smallest absolute Gasteiger partial charge is 0.364 e. The molecule has 0 atom stereocenters. The van der Waals surface area contributed by atoms with Crippen molar-refractivity contribution in [2.24, 2.45) is 7.05 Å². The van der Waals surface area contributed by atoms with Crippen molar-refractivity contribution in [3.63, 3.8) is 0 Å². The SMILES string of the molecule is CNc1nc(NCc2ccn(C)n2)cc(C(F)(F)F)n1. The van der Waals surface area contributed by atoms with Crippen molar-refractivity contribution in [1.29, 1.82) is 0 Å². The molecule has 0 amide bonds. The minimum absolute atomic E-state index is 0.0855. The number of alkyl halides is 3. The summed E-state index contributed by atoms with van der Waals surface area (Å²) < 4.78 is 39.7. The monoisotopic (exact) mass is 286 g/mol. The maximum absolute atomic E-state index is 12.7. The molecule has 2 aromatic rings. The molecular formula is C11H13F3N6. The first-order chi connectivity index (χ1) is 9.38. The van der Waals surface area contributed by atoms with Gasteiger partial charge in [-0.3, -0.25) is 4.68 Å². The average molecular weight is 286 g/mol. The summed E-state index contributed by atoms with van der Waals surface area (Å²) in [6.45, 7) is 0.276. The molecule has 2 rings (SSSR count). The molecule has 0 unspecified atom stereocenters. The fourth-order valence-corrected chi connectivity index (χ4v) is 1.53. The number of aryl methyl sites for hydroxylation is 1. The summed E-state index contributed by atoms with van der Waals surface area (Å²) in [6.07, 6.45) is -2.77. The first-order valence-electron chi connectivity index (χ1n) is 5.75. The zero-order valence-corrected chi connectivity index (χ0v) is 10.9. The first kappa shape index (κ1) is 14.1. The Morgan fingerprint density at radius 1 is 1.30 bits per heavy atom. The maximum atomic E-state index is 12.7. The molecule has 108 valence electrons. The van der Waals surface area contributed by atoms with E-state index in [4.69, 9.17) is 0 Å². The summed E-state index contributed by atoms with van der Waals surface area (Å²) in [5.41, 5.74) is -0.300. The van der Waals surface area contributed by atoms with E-state index in [1.165, 1.54) is 7.05 Å². The standard InChI is InChI=1S/C11H13F3N6/c1-15-10-17-8(11(12,13)14)5-9(18-10)16-6-7-3-4-20(2)19-7/h3-5H,6H2,1-2H3,(H2,15,16,17,18). The lowest BCUT2D eigenvalue weighted by Gasteiger charge is -2.10. The normalized spacial score (nSPS) is 11.4. The van der Waals surface area contributed by atoms with Gasteiger partial charge in [0.15, 0.2) is 5.69 Å². The van der Waals surface area contributed by atoms with Gasteiger partial charge in [-0.05, 0) is 6.07 Å². The summed E-state index contributed by atoms with van der Waals surface area (Å²) in [5.74, 6) is -0.00864. The van der Waals surface area contributed by atoms with Gasteiger partial charge in [0.25, 0.3) is 0 Å². The van der Waals surface area contributed by atoms with Gasteiger partial charge >= 0.3 is 6.18 Å². The number of nitrogens with zero attached hydrogens (tertiary/aromatic N) is 4. The molecule has 0 spiro atoms. The summed E-state index contributed by atoms with van der Waals surface area (Å²) in [6, 6.07) is 2.63. The van der Waals surface area contributed by atoms with E-state index in [1.807, 2.05) is 0 Å². The van der Waals surface area contributed by atoms with Crippen molar-refractivity contribution < 1.29 is 13.2 Å². The molecule has 0 saturated heterocycles. The zero-order chi connectivity index (χ0) is 14.8. The Bertz CT molecular complexity index is 592. The second kappa shape index (κ2) is 5.35. The van der Waals surface area contributed by atoms with Crippen LogP contribution in [0.5, 0.6) is 0 Å². The highest BCUT2D eigenvalue weighted by molar-refractivity contribution is 5.43. The largest absolute Gasteiger partial charge is 0.433 e. The predicted octanol–water partition coefficient (Wildman–Crippen LogP) is 1.88. The van der Waals surface area contributed by atoms with Crippen molar-refractivity contribution >= 4 is 11.8 Å². The lowest BCUT2D eigenvalue weighted by molar-refractivity contribution is -0.141. The van der Waals surface area contributed by atoms with Crippen molar-refractivity contribution in [2.75, 3.05) is 17.7 Å². The number of hydrogen-bond donors (Lipinski definition) is 2. The van der Waals surface area contributed by atoms with Crippen LogP contribution >= 0.6 is 0 Å². The Labute approximate surface area is 113 Å². The van der Waals surface area contributed by atoms with Gasteiger partial charge in [0, 0.05) is 26.4 Å². The van der Waals surface area contributed by atoms with E-state index in [1.54, 1.807) is 24.0 Å². The van der Waals surface area contributed by atoms with Gasteiger partial charge in [-0.1, -0.05) is 0 Å². The van der Waals surface area contributed by atoms with Crippen molar-refractivity contribution in [3.8, 4) is 0 Å². The van der Waals surface area contributed by atoms with Crippen LogP contribution in [0.2, 0.25) is 0 Å². The molecule has 2 aromatic heterocycles. The highest BCUT2D eigenvalue weighted by Crippen LogP contribution is 2.29. The summed E-state index contributed by atoms with van der Waals surface area (Å²) in [7, 11) is 3.22. The van der Waals surface area contributed by atoms with E-state index in [2.05, 4.69) is 25.7 Å². The van der Waals surface area contributed by atoms with Gasteiger partial charge in [0.2, 0.25) is 5.95 Å². The molecule has 0 fully saturated rings. The highest BCUT2D eigenvalue weighted by Gasteiger charge is 2.33. The first-order valence-corrected chi connectivity index (χ1v) is 5.75. The molecule has 0 radical (unpaired) electrons. The van der Waals surface area contributed by atoms with E-state index >= 15 is 0 Å². The average Bonchev–Trinajstić information content (AvgIpc) is 2.81. The molecule has 20 heavy (non-hydrogen) atoms. The van der Waals surface area contributed by atoms with Gasteiger partial charge < -0.3 is 10.6 Å². The lowest BCUT2D eigenvalue weighted by Crippen LogP contribution is -2.13. The molecule has 0 aliphatic carbocycles. The Morgan fingerprint density at radius 2 is 2.05 bits per heavy atom. The van der Waals surface area contributed by atoms with Crippen LogP contribution in [-0.2, 0) is 19.8 Å². The number of anilines is 2. The maximum Gasteiger partial charge on any atom is 0.433 e. The van der Waals surface area contributed by atoms with Crippen molar-refractivity contribution in [3.05, 3.63) is 29.7 Å². The lowest BCUT2D eigenvalue weighted by atomic mass is 10.3. The molecule has 0 saturated carbocycles. The Morgan fingerprint density at radius 3 is 2.60 bits per heavy atom. The van der Waals surface area contributed by atoms with Crippen LogP contribution in [0.25, 0.3) is 0 Å². The predicted molar refractivity (Wildman–Crippen MR) is 67.1 cm³/mol. The molecule has 2 heterocycles. The number of hydrogen-bond acceptors (Lipinski definition) is 5. The number of nitrogens with one attached hydrogen (secondary N) is 2. The van der Waals surface area contributed by atoms with Crippen molar-refractivity contribution in [2.45, 2.75) is 12.7 Å². The Kier molecular flexibility index (Phi) is 3.77. The molecule has 0 bridgehead atoms. The molecule has 0 aliphatic rings. The molecule has 9 heteroatoms. The number of halogens is 3. The van der Waals surface area contributed by atoms with Crippen LogP contribution in [0.3, 0.4) is 0 Å². The van der Waals surface area contributed by atoms with E-state index in [9.17, 15) is 13.2 Å². The van der Waals surface area contributed by atoms with Crippen LogP contribution in [0, 0.1) is 0 Å². The number of rotatable bonds is 4. The molecule has 6 nitrogen and oxygen atoms in total.